The molecule has 0 saturated carbocycles. The molecule has 2 N–H and O–H groups in total. The zero-order valence-corrected chi connectivity index (χ0v) is 28.0. The Labute approximate surface area is 280 Å². The number of para-hydroxylation sites is 1. The quantitative estimate of drug-likeness (QED) is 0.150. The minimum atomic E-state index is -4.07. The number of sulfonamides is 1. The molecule has 2 heterocycles. The number of hydrogen-bond acceptors (Lipinski definition) is 7. The fraction of sp³-hybridized carbons (Fsp3) is 0.162. The van der Waals surface area contributed by atoms with Crippen molar-refractivity contribution < 1.29 is 17.9 Å². The van der Waals surface area contributed by atoms with Crippen molar-refractivity contribution in [1.82, 2.24) is 14.8 Å². The summed E-state index contributed by atoms with van der Waals surface area (Å²) in [6.07, 6.45) is 0. The number of fused-ring (bicyclic) bond motifs is 1. The molecule has 0 aliphatic heterocycles. The highest BCUT2D eigenvalue weighted by Gasteiger charge is 2.25. The minimum absolute atomic E-state index is 0.0396. The summed E-state index contributed by atoms with van der Waals surface area (Å²) in [6.45, 7) is 6.95. The summed E-state index contributed by atoms with van der Waals surface area (Å²) in [7, 11) is -2.52. The van der Waals surface area contributed by atoms with E-state index in [1.807, 2.05) is 86.3 Å². The number of aromatic nitrogens is 3. The van der Waals surface area contributed by atoms with Gasteiger partial charge in [-0.3, -0.25) is 9.52 Å². The van der Waals surface area contributed by atoms with E-state index in [2.05, 4.69) is 10.0 Å². The second-order valence-electron chi connectivity index (χ2n) is 11.1. The van der Waals surface area contributed by atoms with Crippen LogP contribution in [0.2, 0.25) is 0 Å². The molecule has 0 radical (unpaired) electrons. The summed E-state index contributed by atoms with van der Waals surface area (Å²) in [4.78, 5) is 21.1. The van der Waals surface area contributed by atoms with Crippen LogP contribution in [0.25, 0.3) is 28.0 Å². The molecule has 0 unspecified atom stereocenters. The van der Waals surface area contributed by atoms with Gasteiger partial charge < -0.3 is 15.0 Å². The van der Waals surface area contributed by atoms with Gasteiger partial charge in [-0.25, -0.2) is 18.1 Å². The molecule has 0 bridgehead atoms. The molecule has 0 aliphatic carbocycles. The molecule has 11 heteroatoms. The van der Waals surface area contributed by atoms with Gasteiger partial charge in [0.2, 0.25) is 0 Å². The van der Waals surface area contributed by atoms with Crippen LogP contribution in [0.1, 0.15) is 29.9 Å². The summed E-state index contributed by atoms with van der Waals surface area (Å²) < 4.78 is 37.4. The summed E-state index contributed by atoms with van der Waals surface area (Å²) in [5.41, 5.74) is 5.03. The van der Waals surface area contributed by atoms with Crippen LogP contribution < -0.4 is 19.7 Å². The first-order valence-corrected chi connectivity index (χ1v) is 17.1. The lowest BCUT2D eigenvalue weighted by Gasteiger charge is -2.25. The second-order valence-corrected chi connectivity index (χ2v) is 12.7. The number of pyridine rings is 1. The lowest BCUT2D eigenvalue weighted by atomic mass is 10.0. The van der Waals surface area contributed by atoms with Crippen molar-refractivity contribution in [3.05, 3.63) is 120 Å². The van der Waals surface area contributed by atoms with Gasteiger partial charge in [0, 0.05) is 30.0 Å². The van der Waals surface area contributed by atoms with E-state index in [-0.39, 0.29) is 4.90 Å². The van der Waals surface area contributed by atoms with Crippen LogP contribution in [-0.4, -0.2) is 49.3 Å². The maximum absolute atomic E-state index is 14.2. The molecule has 2 aromatic heterocycles. The van der Waals surface area contributed by atoms with Gasteiger partial charge in [-0.2, -0.15) is 5.10 Å². The summed E-state index contributed by atoms with van der Waals surface area (Å²) in [5, 5.41) is 8.33. The number of methoxy groups -OCH3 is 1. The predicted octanol–water partition coefficient (Wildman–Crippen LogP) is 7.30. The van der Waals surface area contributed by atoms with E-state index >= 15 is 0 Å². The number of amides is 1. The van der Waals surface area contributed by atoms with Gasteiger partial charge in [-0.05, 0) is 81.4 Å². The fourth-order valence-corrected chi connectivity index (χ4v) is 6.99. The van der Waals surface area contributed by atoms with Crippen molar-refractivity contribution >= 4 is 44.0 Å². The number of carbonyl (C=O) groups excluding carboxylic acids is 1. The van der Waals surface area contributed by atoms with Gasteiger partial charge in [0.1, 0.15) is 10.6 Å². The van der Waals surface area contributed by atoms with E-state index in [1.165, 1.54) is 6.07 Å². The van der Waals surface area contributed by atoms with Crippen LogP contribution in [0.5, 0.6) is 5.75 Å². The Balaban J connectivity index is 1.43. The van der Waals surface area contributed by atoms with E-state index < -0.39 is 15.9 Å². The first kappa shape index (κ1) is 32.3. The van der Waals surface area contributed by atoms with Crippen LogP contribution in [-0.2, 0) is 10.0 Å². The zero-order valence-electron chi connectivity index (χ0n) is 27.1. The Morgan fingerprint density at radius 3 is 2.15 bits per heavy atom. The Kier molecular flexibility index (Phi) is 9.13. The van der Waals surface area contributed by atoms with Crippen molar-refractivity contribution in [2.24, 2.45) is 0 Å². The highest BCUT2D eigenvalue weighted by Crippen LogP contribution is 2.33. The Bertz CT molecular complexity index is 2180. The monoisotopic (exact) mass is 660 g/mol. The molecule has 6 aromatic rings. The number of aryl methyl sites for hydroxylation is 1. The molecule has 10 nitrogen and oxygen atoms in total. The first-order chi connectivity index (χ1) is 23.2. The molecule has 4 aromatic carbocycles. The molecule has 48 heavy (non-hydrogen) atoms. The SMILES string of the molecule is CCN(CC)c1ccc(NC(=O)c2cc(-c3ccccc3)nc3c2c(C)nn3-c2ccccc2)cc1S(=O)(=O)Nc1ccc(OC)cc1. The third-order valence-corrected chi connectivity index (χ3v) is 9.49. The number of hydrogen-bond donors (Lipinski definition) is 2. The van der Waals surface area contributed by atoms with Gasteiger partial charge in [0.15, 0.2) is 5.65 Å². The third kappa shape index (κ3) is 6.45. The summed E-state index contributed by atoms with van der Waals surface area (Å²) in [5.74, 6) is 0.189. The molecule has 1 amide bonds. The zero-order chi connectivity index (χ0) is 33.8. The van der Waals surface area contributed by atoms with Gasteiger partial charge in [0.25, 0.3) is 15.9 Å². The molecule has 0 saturated heterocycles. The number of rotatable bonds is 11. The van der Waals surface area contributed by atoms with E-state index in [0.29, 0.717) is 63.9 Å². The van der Waals surface area contributed by atoms with Crippen molar-refractivity contribution in [1.29, 1.82) is 0 Å². The Morgan fingerprint density at radius 2 is 1.50 bits per heavy atom. The summed E-state index contributed by atoms with van der Waals surface area (Å²) in [6, 6.07) is 32.6. The van der Waals surface area contributed by atoms with Crippen LogP contribution >= 0.6 is 0 Å². The van der Waals surface area contributed by atoms with Crippen LogP contribution in [0.4, 0.5) is 17.1 Å². The maximum Gasteiger partial charge on any atom is 0.264 e. The molecule has 0 fully saturated rings. The van der Waals surface area contributed by atoms with E-state index in [9.17, 15) is 13.2 Å². The van der Waals surface area contributed by atoms with Gasteiger partial charge in [-0.1, -0.05) is 48.5 Å². The van der Waals surface area contributed by atoms with Crippen molar-refractivity contribution in [2.45, 2.75) is 25.7 Å². The third-order valence-electron chi connectivity index (χ3n) is 8.08. The Morgan fingerprint density at radius 1 is 0.854 bits per heavy atom. The van der Waals surface area contributed by atoms with Gasteiger partial charge >= 0.3 is 0 Å². The molecule has 0 aliphatic rings. The highest BCUT2D eigenvalue weighted by atomic mass is 32.2. The van der Waals surface area contributed by atoms with Crippen LogP contribution in [0.3, 0.4) is 0 Å². The average Bonchev–Trinajstić information content (AvgIpc) is 3.45. The van der Waals surface area contributed by atoms with Crippen molar-refractivity contribution in [3.63, 3.8) is 0 Å². The van der Waals surface area contributed by atoms with Gasteiger partial charge in [-0.15, -0.1) is 0 Å². The number of nitrogens with one attached hydrogen (secondary N) is 2. The largest absolute Gasteiger partial charge is 0.497 e. The highest BCUT2D eigenvalue weighted by molar-refractivity contribution is 7.92. The minimum Gasteiger partial charge on any atom is -0.497 e. The molecular formula is C37H36N6O4S. The molecule has 0 spiro atoms. The number of ether oxygens (including phenoxy) is 1. The second kappa shape index (κ2) is 13.6. The van der Waals surface area contributed by atoms with E-state index in [4.69, 9.17) is 14.8 Å². The fourth-order valence-electron chi connectivity index (χ4n) is 5.67. The lowest BCUT2D eigenvalue weighted by Crippen LogP contribution is -2.26. The van der Waals surface area contributed by atoms with Crippen LogP contribution in [0.15, 0.2) is 114 Å². The number of anilines is 3. The van der Waals surface area contributed by atoms with Crippen molar-refractivity contribution in [2.75, 3.05) is 35.1 Å². The van der Waals surface area contributed by atoms with E-state index in [1.54, 1.807) is 54.3 Å². The average molecular weight is 661 g/mol. The molecule has 0 atom stereocenters. The molecule has 244 valence electrons. The summed E-state index contributed by atoms with van der Waals surface area (Å²) >= 11 is 0. The number of benzene rings is 4. The number of nitrogens with zero attached hydrogens (tertiary/aromatic N) is 4. The number of carbonyl (C=O) groups is 1. The topological polar surface area (TPSA) is 118 Å². The predicted molar refractivity (Wildman–Crippen MR) is 191 cm³/mol. The van der Waals surface area contributed by atoms with Gasteiger partial charge in [0.05, 0.1) is 40.8 Å². The Hall–Kier alpha value is -5.68. The standard InChI is InChI=1S/C37H36N6O4S/c1-5-42(6-2)33-22-19-28(23-34(33)48(45,46)41-27-17-20-30(47-4)21-18-27)38-37(44)31-24-32(26-13-9-7-10-14-26)39-36-35(31)25(3)40-43(36)29-15-11-8-12-16-29/h7-24,41H,5-6H2,1-4H3,(H,38,44). The smallest absolute Gasteiger partial charge is 0.264 e. The van der Waals surface area contributed by atoms with E-state index in [0.717, 1.165) is 11.3 Å². The molecular weight excluding hydrogens is 625 g/mol. The van der Waals surface area contributed by atoms with Crippen molar-refractivity contribution in [3.8, 4) is 22.7 Å². The molecule has 6 rings (SSSR count). The maximum atomic E-state index is 14.2. The van der Waals surface area contributed by atoms with Crippen LogP contribution in [0, 0.1) is 6.92 Å². The normalized spacial score (nSPS) is 11.3. The lowest BCUT2D eigenvalue weighted by molar-refractivity contribution is 0.102. The first-order valence-electron chi connectivity index (χ1n) is 15.6.